The predicted molar refractivity (Wildman–Crippen MR) is 75.7 cm³/mol. The number of carbonyl (C=O) groups is 1. The highest BCUT2D eigenvalue weighted by Gasteiger charge is 2.36. The summed E-state index contributed by atoms with van der Waals surface area (Å²) in [7, 11) is 1.51. The number of carbonyl (C=O) groups excluding carboxylic acids is 1. The highest BCUT2D eigenvalue weighted by molar-refractivity contribution is 5.97. The number of ether oxygens (including phenoxy) is 1. The van der Waals surface area contributed by atoms with Crippen LogP contribution in [-0.4, -0.2) is 35.3 Å². The van der Waals surface area contributed by atoms with Gasteiger partial charge in [-0.1, -0.05) is 19.8 Å². The zero-order valence-corrected chi connectivity index (χ0v) is 12.1. The molecule has 1 amide bonds. The monoisotopic (exact) mass is 278 g/mol. The summed E-state index contributed by atoms with van der Waals surface area (Å²) in [5.74, 6) is 0.741. The lowest BCUT2D eigenvalue weighted by Gasteiger charge is -2.39. The van der Waals surface area contributed by atoms with Crippen LogP contribution < -0.4 is 10.1 Å². The summed E-state index contributed by atoms with van der Waals surface area (Å²) >= 11 is 0. The molecule has 0 spiro atoms. The molecule has 1 aliphatic carbocycles. The van der Waals surface area contributed by atoms with Crippen LogP contribution in [-0.2, 0) is 0 Å². The van der Waals surface area contributed by atoms with Gasteiger partial charge in [-0.2, -0.15) is 0 Å². The second kappa shape index (κ2) is 6.22. The first-order valence-electron chi connectivity index (χ1n) is 7.01. The van der Waals surface area contributed by atoms with Gasteiger partial charge >= 0.3 is 0 Å². The Morgan fingerprint density at radius 2 is 2.45 bits per heavy atom. The van der Waals surface area contributed by atoms with Crippen LogP contribution in [0.5, 0.6) is 5.75 Å². The molecule has 2 unspecified atom stereocenters. The SMILES string of the molecule is COc1cnccc1C(=O)NC1(CO)CCCC(C)C1. The Morgan fingerprint density at radius 1 is 1.65 bits per heavy atom. The number of hydrogen-bond acceptors (Lipinski definition) is 4. The average molecular weight is 278 g/mol. The minimum absolute atomic E-state index is 0.0313. The maximum Gasteiger partial charge on any atom is 0.255 e. The maximum atomic E-state index is 12.4. The summed E-state index contributed by atoms with van der Waals surface area (Å²) in [6, 6.07) is 1.63. The number of rotatable bonds is 4. The molecule has 0 aromatic carbocycles. The molecule has 1 heterocycles. The Hall–Kier alpha value is -1.62. The normalized spacial score (nSPS) is 26.1. The van der Waals surface area contributed by atoms with E-state index >= 15 is 0 Å². The lowest BCUT2D eigenvalue weighted by Crippen LogP contribution is -2.53. The van der Waals surface area contributed by atoms with Crippen molar-refractivity contribution in [3.05, 3.63) is 24.0 Å². The van der Waals surface area contributed by atoms with Crippen molar-refractivity contribution >= 4 is 5.91 Å². The third-order valence-corrected chi connectivity index (χ3v) is 4.02. The Kier molecular flexibility index (Phi) is 4.60. The van der Waals surface area contributed by atoms with Gasteiger partial charge in [0.1, 0.15) is 5.75 Å². The number of nitrogens with zero attached hydrogens (tertiary/aromatic N) is 1. The van der Waals surface area contributed by atoms with E-state index in [0.717, 1.165) is 25.7 Å². The van der Waals surface area contributed by atoms with E-state index in [1.807, 2.05) is 0 Å². The molecule has 5 heteroatoms. The number of nitrogens with one attached hydrogen (secondary N) is 1. The summed E-state index contributed by atoms with van der Waals surface area (Å²) in [4.78, 5) is 16.4. The van der Waals surface area contributed by atoms with Gasteiger partial charge in [-0.05, 0) is 24.8 Å². The van der Waals surface area contributed by atoms with E-state index in [-0.39, 0.29) is 12.5 Å². The van der Waals surface area contributed by atoms with Crippen LogP contribution >= 0.6 is 0 Å². The van der Waals surface area contributed by atoms with Crippen LogP contribution in [0, 0.1) is 5.92 Å². The minimum atomic E-state index is -0.511. The molecule has 1 fully saturated rings. The molecule has 0 radical (unpaired) electrons. The van der Waals surface area contributed by atoms with Gasteiger partial charge in [0.2, 0.25) is 0 Å². The van der Waals surface area contributed by atoms with Gasteiger partial charge in [0, 0.05) is 6.20 Å². The van der Waals surface area contributed by atoms with E-state index in [1.54, 1.807) is 12.3 Å². The van der Waals surface area contributed by atoms with Crippen molar-refractivity contribution in [1.82, 2.24) is 10.3 Å². The van der Waals surface area contributed by atoms with E-state index in [4.69, 9.17) is 4.74 Å². The van der Waals surface area contributed by atoms with Crippen molar-refractivity contribution in [3.63, 3.8) is 0 Å². The van der Waals surface area contributed by atoms with Gasteiger partial charge in [-0.15, -0.1) is 0 Å². The molecular formula is C15H22N2O3. The topological polar surface area (TPSA) is 71.5 Å². The van der Waals surface area contributed by atoms with Crippen molar-refractivity contribution in [1.29, 1.82) is 0 Å². The lowest BCUT2D eigenvalue weighted by molar-refractivity contribution is 0.0694. The first-order valence-corrected chi connectivity index (χ1v) is 7.01. The number of hydrogen-bond donors (Lipinski definition) is 2. The number of aliphatic hydroxyl groups excluding tert-OH is 1. The number of aliphatic hydroxyl groups is 1. The summed E-state index contributed by atoms with van der Waals surface area (Å²) in [6.07, 6.45) is 6.87. The van der Waals surface area contributed by atoms with E-state index in [1.165, 1.54) is 13.3 Å². The van der Waals surface area contributed by atoms with Crippen LogP contribution in [0.4, 0.5) is 0 Å². The summed E-state index contributed by atoms with van der Waals surface area (Å²) < 4.78 is 5.16. The van der Waals surface area contributed by atoms with Crippen LogP contribution in [0.1, 0.15) is 43.0 Å². The third kappa shape index (κ3) is 3.10. The summed E-state index contributed by atoms with van der Waals surface area (Å²) in [5.41, 5.74) is -0.0585. The molecule has 0 bridgehead atoms. The van der Waals surface area contributed by atoms with E-state index < -0.39 is 5.54 Å². The molecule has 20 heavy (non-hydrogen) atoms. The third-order valence-electron chi connectivity index (χ3n) is 4.02. The van der Waals surface area contributed by atoms with Crippen molar-refractivity contribution in [2.24, 2.45) is 5.92 Å². The van der Waals surface area contributed by atoms with Gasteiger partial charge in [0.15, 0.2) is 0 Å². The van der Waals surface area contributed by atoms with E-state index in [2.05, 4.69) is 17.2 Å². The highest BCUT2D eigenvalue weighted by atomic mass is 16.5. The molecule has 1 aromatic rings. The van der Waals surface area contributed by atoms with Gasteiger partial charge in [0.25, 0.3) is 5.91 Å². The summed E-state index contributed by atoms with van der Waals surface area (Å²) in [6.45, 7) is 2.12. The van der Waals surface area contributed by atoms with Crippen LogP contribution in [0.2, 0.25) is 0 Å². The first-order chi connectivity index (χ1) is 9.60. The van der Waals surface area contributed by atoms with Crippen LogP contribution in [0.3, 0.4) is 0 Å². The predicted octanol–water partition coefficient (Wildman–Crippen LogP) is 1.76. The van der Waals surface area contributed by atoms with Gasteiger partial charge in [0.05, 0.1) is 31.0 Å². The Labute approximate surface area is 119 Å². The molecule has 1 saturated carbocycles. The molecule has 2 rings (SSSR count). The molecule has 2 N–H and O–H groups in total. The lowest BCUT2D eigenvalue weighted by atomic mass is 9.76. The maximum absolute atomic E-state index is 12.4. The number of amides is 1. The average Bonchev–Trinajstić information content (AvgIpc) is 2.47. The second-order valence-corrected chi connectivity index (χ2v) is 5.67. The molecule has 0 aliphatic heterocycles. The van der Waals surface area contributed by atoms with Gasteiger partial charge in [-0.25, -0.2) is 0 Å². The van der Waals surface area contributed by atoms with Crippen LogP contribution in [0.25, 0.3) is 0 Å². The molecule has 5 nitrogen and oxygen atoms in total. The van der Waals surface area contributed by atoms with Crippen molar-refractivity contribution in [3.8, 4) is 5.75 Å². The molecule has 1 aromatic heterocycles. The molecule has 2 atom stereocenters. The quantitative estimate of drug-likeness (QED) is 0.880. The highest BCUT2D eigenvalue weighted by Crippen LogP contribution is 2.32. The van der Waals surface area contributed by atoms with Crippen molar-refractivity contribution < 1.29 is 14.6 Å². The first kappa shape index (κ1) is 14.8. The molecule has 1 aliphatic rings. The molecular weight excluding hydrogens is 256 g/mol. The molecule has 110 valence electrons. The van der Waals surface area contributed by atoms with Gasteiger partial charge in [-0.3, -0.25) is 9.78 Å². The Morgan fingerprint density at radius 3 is 3.10 bits per heavy atom. The minimum Gasteiger partial charge on any atom is -0.494 e. The van der Waals surface area contributed by atoms with Crippen LogP contribution in [0.15, 0.2) is 18.5 Å². The van der Waals surface area contributed by atoms with Crippen molar-refractivity contribution in [2.45, 2.75) is 38.1 Å². The van der Waals surface area contributed by atoms with E-state index in [0.29, 0.717) is 17.2 Å². The number of methoxy groups -OCH3 is 1. The largest absolute Gasteiger partial charge is 0.494 e. The Balaban J connectivity index is 2.17. The fourth-order valence-electron chi connectivity index (χ4n) is 3.00. The van der Waals surface area contributed by atoms with E-state index in [9.17, 15) is 9.90 Å². The van der Waals surface area contributed by atoms with Crippen molar-refractivity contribution in [2.75, 3.05) is 13.7 Å². The molecule has 0 saturated heterocycles. The smallest absolute Gasteiger partial charge is 0.255 e. The second-order valence-electron chi connectivity index (χ2n) is 5.67. The zero-order chi connectivity index (χ0) is 14.6. The fourth-order valence-corrected chi connectivity index (χ4v) is 3.00. The number of aromatic nitrogens is 1. The fraction of sp³-hybridized carbons (Fsp3) is 0.600. The Bertz CT molecular complexity index is 478. The summed E-state index contributed by atoms with van der Waals surface area (Å²) in [5, 5.41) is 12.7. The number of pyridine rings is 1. The standard InChI is InChI=1S/C15H22N2O3/c1-11-4-3-6-15(8-11,10-18)17-14(19)12-5-7-16-9-13(12)20-2/h5,7,9,11,18H,3-4,6,8,10H2,1-2H3,(H,17,19). The zero-order valence-electron chi connectivity index (χ0n) is 12.1. The van der Waals surface area contributed by atoms with Gasteiger partial charge < -0.3 is 15.2 Å².